The van der Waals surface area contributed by atoms with Gasteiger partial charge in [-0.1, -0.05) is 36.4 Å². The van der Waals surface area contributed by atoms with Crippen LogP contribution in [0.15, 0.2) is 59.4 Å². The van der Waals surface area contributed by atoms with Crippen molar-refractivity contribution < 1.29 is 15.0 Å². The molecular formula is C16H12O4. The predicted octanol–water partition coefficient (Wildman–Crippen LogP) is 2.52. The fourth-order valence-electron chi connectivity index (χ4n) is 1.80. The van der Waals surface area contributed by atoms with Crippen molar-refractivity contribution in [3.63, 3.8) is 0 Å². The number of benzene rings is 1. The first-order chi connectivity index (χ1) is 9.58. The van der Waals surface area contributed by atoms with E-state index in [1.807, 2.05) is 30.3 Å². The Hall–Kier alpha value is -2.88. The largest absolute Gasteiger partial charge is 0.504 e. The highest BCUT2D eigenvalue weighted by Gasteiger charge is 2.05. The second-order valence-corrected chi connectivity index (χ2v) is 4.13. The van der Waals surface area contributed by atoms with E-state index >= 15 is 0 Å². The minimum absolute atomic E-state index is 0.378. The molecule has 0 amide bonds. The summed E-state index contributed by atoms with van der Waals surface area (Å²) in [5, 5.41) is 18.2. The Balaban J connectivity index is 2.70. The van der Waals surface area contributed by atoms with Crippen LogP contribution in [-0.2, 0) is 4.79 Å². The summed E-state index contributed by atoms with van der Waals surface area (Å²) < 4.78 is 0. The molecule has 4 nitrogen and oxygen atoms in total. The summed E-state index contributed by atoms with van der Waals surface area (Å²) in [6, 6.07) is 13.2. The van der Waals surface area contributed by atoms with Crippen molar-refractivity contribution >= 4 is 12.0 Å². The Morgan fingerprint density at radius 1 is 1.05 bits per heavy atom. The van der Waals surface area contributed by atoms with Crippen molar-refractivity contribution in [2.45, 2.75) is 0 Å². The van der Waals surface area contributed by atoms with Gasteiger partial charge in [0.15, 0.2) is 5.75 Å². The van der Waals surface area contributed by atoms with E-state index in [1.54, 1.807) is 0 Å². The molecule has 0 heterocycles. The number of carbonyl (C=O) groups is 1. The number of hydrogen-bond acceptors (Lipinski definition) is 3. The summed E-state index contributed by atoms with van der Waals surface area (Å²) >= 11 is 0. The van der Waals surface area contributed by atoms with Gasteiger partial charge in [0.05, 0.1) is 0 Å². The molecule has 0 radical (unpaired) electrons. The SMILES string of the molecule is O=C(O)/C=C/c1ccc(O)c(=O)cc1-c1ccccc1. The van der Waals surface area contributed by atoms with Gasteiger partial charge in [-0.2, -0.15) is 0 Å². The molecular weight excluding hydrogens is 256 g/mol. The molecule has 0 saturated heterocycles. The third kappa shape index (κ3) is 3.11. The van der Waals surface area contributed by atoms with Crippen LogP contribution in [0.3, 0.4) is 0 Å². The molecule has 20 heavy (non-hydrogen) atoms. The zero-order chi connectivity index (χ0) is 14.5. The number of carboxylic acid groups (broad SMARTS) is 1. The lowest BCUT2D eigenvalue weighted by molar-refractivity contribution is -0.131. The van der Waals surface area contributed by atoms with E-state index in [0.717, 1.165) is 11.6 Å². The van der Waals surface area contributed by atoms with Crippen LogP contribution < -0.4 is 5.43 Å². The number of rotatable bonds is 3. The summed E-state index contributed by atoms with van der Waals surface area (Å²) in [5.41, 5.74) is 1.36. The van der Waals surface area contributed by atoms with E-state index in [1.165, 1.54) is 24.3 Å². The smallest absolute Gasteiger partial charge is 0.328 e. The highest BCUT2D eigenvalue weighted by Crippen LogP contribution is 2.23. The maximum atomic E-state index is 11.7. The lowest BCUT2D eigenvalue weighted by atomic mass is 10.0. The van der Waals surface area contributed by atoms with Gasteiger partial charge in [0, 0.05) is 6.08 Å². The molecule has 0 unspecified atom stereocenters. The molecule has 0 aliphatic heterocycles. The van der Waals surface area contributed by atoms with Crippen molar-refractivity contribution in [1.29, 1.82) is 0 Å². The van der Waals surface area contributed by atoms with Gasteiger partial charge in [-0.15, -0.1) is 0 Å². The topological polar surface area (TPSA) is 74.6 Å². The average molecular weight is 268 g/mol. The van der Waals surface area contributed by atoms with E-state index in [2.05, 4.69) is 0 Å². The summed E-state index contributed by atoms with van der Waals surface area (Å²) in [5.74, 6) is -1.46. The Labute approximate surface area is 115 Å². The Bertz CT molecular complexity index is 718. The second-order valence-electron chi connectivity index (χ2n) is 4.13. The first-order valence-corrected chi connectivity index (χ1v) is 5.91. The van der Waals surface area contributed by atoms with Crippen LogP contribution in [0.2, 0.25) is 0 Å². The Morgan fingerprint density at radius 2 is 1.75 bits per heavy atom. The summed E-state index contributed by atoms with van der Waals surface area (Å²) in [6.07, 6.45) is 2.38. The van der Waals surface area contributed by atoms with Crippen LogP contribution in [-0.4, -0.2) is 16.2 Å². The summed E-state index contributed by atoms with van der Waals surface area (Å²) in [7, 11) is 0. The van der Waals surface area contributed by atoms with Gasteiger partial charge in [-0.05, 0) is 34.9 Å². The molecule has 0 bridgehead atoms. The van der Waals surface area contributed by atoms with Crippen molar-refractivity contribution in [2.24, 2.45) is 0 Å². The van der Waals surface area contributed by atoms with E-state index in [4.69, 9.17) is 5.11 Å². The predicted molar refractivity (Wildman–Crippen MR) is 76.5 cm³/mol. The molecule has 2 aromatic rings. The zero-order valence-corrected chi connectivity index (χ0v) is 10.5. The molecule has 2 N–H and O–H groups in total. The van der Waals surface area contributed by atoms with Gasteiger partial charge < -0.3 is 10.2 Å². The highest BCUT2D eigenvalue weighted by atomic mass is 16.4. The monoisotopic (exact) mass is 268 g/mol. The number of carboxylic acids is 1. The Morgan fingerprint density at radius 3 is 2.40 bits per heavy atom. The first-order valence-electron chi connectivity index (χ1n) is 5.91. The van der Waals surface area contributed by atoms with E-state index in [9.17, 15) is 14.7 Å². The Kier molecular flexibility index (Phi) is 3.96. The minimum atomic E-state index is -1.08. The fourth-order valence-corrected chi connectivity index (χ4v) is 1.80. The van der Waals surface area contributed by atoms with Gasteiger partial charge in [0.2, 0.25) is 5.43 Å². The number of aliphatic carboxylic acids is 1. The average Bonchev–Trinajstić information content (AvgIpc) is 2.58. The highest BCUT2D eigenvalue weighted by molar-refractivity contribution is 5.87. The third-order valence-corrected chi connectivity index (χ3v) is 2.75. The lowest BCUT2D eigenvalue weighted by Crippen LogP contribution is -1.94. The standard InChI is InChI=1S/C16H12O4/c17-14-8-6-12(7-9-16(19)20)13(10-15(14)18)11-4-2-1-3-5-11/h1-10H,(H,17,18)(H,19,20)/b9-7+. The van der Waals surface area contributed by atoms with Crippen LogP contribution in [0.25, 0.3) is 17.2 Å². The van der Waals surface area contributed by atoms with Gasteiger partial charge in [-0.3, -0.25) is 4.79 Å². The molecule has 2 aromatic carbocycles. The number of aromatic hydroxyl groups is 1. The maximum absolute atomic E-state index is 11.7. The number of hydrogen-bond donors (Lipinski definition) is 2. The molecule has 0 aromatic heterocycles. The summed E-state index contributed by atoms with van der Waals surface area (Å²) in [6.45, 7) is 0. The van der Waals surface area contributed by atoms with Crippen LogP contribution >= 0.6 is 0 Å². The maximum Gasteiger partial charge on any atom is 0.328 e. The molecule has 0 saturated carbocycles. The van der Waals surface area contributed by atoms with E-state index < -0.39 is 11.4 Å². The molecule has 0 aliphatic carbocycles. The van der Waals surface area contributed by atoms with Crippen LogP contribution in [0.5, 0.6) is 5.75 Å². The lowest BCUT2D eigenvalue weighted by Gasteiger charge is -2.02. The van der Waals surface area contributed by atoms with Crippen molar-refractivity contribution in [2.75, 3.05) is 0 Å². The molecule has 2 rings (SSSR count). The molecule has 0 spiro atoms. The van der Waals surface area contributed by atoms with Gasteiger partial charge >= 0.3 is 5.97 Å². The summed E-state index contributed by atoms with van der Waals surface area (Å²) in [4.78, 5) is 22.3. The third-order valence-electron chi connectivity index (χ3n) is 2.75. The first kappa shape index (κ1) is 13.5. The quantitative estimate of drug-likeness (QED) is 0.839. The molecule has 0 fully saturated rings. The van der Waals surface area contributed by atoms with E-state index in [0.29, 0.717) is 11.1 Å². The zero-order valence-electron chi connectivity index (χ0n) is 10.5. The van der Waals surface area contributed by atoms with Crippen LogP contribution in [0.4, 0.5) is 0 Å². The molecule has 100 valence electrons. The van der Waals surface area contributed by atoms with Gasteiger partial charge in [0.25, 0.3) is 0 Å². The molecule has 0 aliphatic rings. The normalized spacial score (nSPS) is 10.6. The fraction of sp³-hybridized carbons (Fsp3) is 0. The van der Waals surface area contributed by atoms with Gasteiger partial charge in [0.1, 0.15) is 0 Å². The van der Waals surface area contributed by atoms with Crippen LogP contribution in [0, 0.1) is 0 Å². The van der Waals surface area contributed by atoms with Crippen LogP contribution in [0.1, 0.15) is 5.56 Å². The van der Waals surface area contributed by atoms with Gasteiger partial charge in [-0.25, -0.2) is 4.79 Å². The van der Waals surface area contributed by atoms with Crippen molar-refractivity contribution in [1.82, 2.24) is 0 Å². The minimum Gasteiger partial charge on any atom is -0.504 e. The molecule has 4 heteroatoms. The van der Waals surface area contributed by atoms with Crippen molar-refractivity contribution in [3.8, 4) is 16.9 Å². The van der Waals surface area contributed by atoms with Crippen molar-refractivity contribution in [3.05, 3.63) is 70.4 Å². The molecule has 0 atom stereocenters. The van der Waals surface area contributed by atoms with E-state index in [-0.39, 0.29) is 5.75 Å². The second kappa shape index (κ2) is 5.84.